The summed E-state index contributed by atoms with van der Waals surface area (Å²) in [6.45, 7) is 9.14. The third-order valence-electron chi connectivity index (χ3n) is 3.24. The van der Waals surface area contributed by atoms with Crippen LogP contribution in [-0.4, -0.2) is 26.4 Å². The summed E-state index contributed by atoms with van der Waals surface area (Å²) < 4.78 is 10.8. The largest absolute Gasteiger partial charge is 0.496 e. The molecule has 3 heteroatoms. The molecule has 1 N–H and O–H groups in total. The highest BCUT2D eigenvalue weighted by Gasteiger charge is 2.18. The summed E-state index contributed by atoms with van der Waals surface area (Å²) in [5, 5.41) is 3.48. The predicted octanol–water partition coefficient (Wildman–Crippen LogP) is 3.08. The van der Waals surface area contributed by atoms with Crippen LogP contribution in [-0.2, 0) is 4.74 Å². The van der Waals surface area contributed by atoms with E-state index in [1.165, 1.54) is 11.1 Å². The second-order valence-corrected chi connectivity index (χ2v) is 5.31. The Morgan fingerprint density at radius 1 is 1.28 bits per heavy atom. The van der Waals surface area contributed by atoms with Gasteiger partial charge in [0.25, 0.3) is 0 Å². The lowest BCUT2D eigenvalue weighted by Gasteiger charge is -2.26. The van der Waals surface area contributed by atoms with Crippen molar-refractivity contribution in [1.29, 1.82) is 0 Å². The Kier molecular flexibility index (Phi) is 5.17. The van der Waals surface area contributed by atoms with E-state index in [-0.39, 0.29) is 11.6 Å². The van der Waals surface area contributed by atoms with Crippen molar-refractivity contribution >= 4 is 0 Å². The SMILES string of the molecule is COc1cc(C)ccc1C(C)NCC(C)(C)OC. The van der Waals surface area contributed by atoms with Crippen molar-refractivity contribution < 1.29 is 9.47 Å². The number of nitrogens with one attached hydrogen (secondary N) is 1. The zero-order valence-electron chi connectivity index (χ0n) is 12.3. The van der Waals surface area contributed by atoms with E-state index in [4.69, 9.17) is 9.47 Å². The number of hydrogen-bond acceptors (Lipinski definition) is 3. The van der Waals surface area contributed by atoms with Gasteiger partial charge in [0.2, 0.25) is 0 Å². The molecule has 1 rings (SSSR count). The molecule has 0 saturated carbocycles. The lowest BCUT2D eigenvalue weighted by atomic mass is 10.0. The van der Waals surface area contributed by atoms with Gasteiger partial charge in [-0.2, -0.15) is 0 Å². The van der Waals surface area contributed by atoms with Crippen LogP contribution in [0.25, 0.3) is 0 Å². The Morgan fingerprint density at radius 2 is 1.94 bits per heavy atom. The van der Waals surface area contributed by atoms with Gasteiger partial charge in [-0.1, -0.05) is 12.1 Å². The molecule has 0 aliphatic heterocycles. The molecule has 0 aliphatic carbocycles. The minimum Gasteiger partial charge on any atom is -0.496 e. The smallest absolute Gasteiger partial charge is 0.123 e. The molecule has 0 fully saturated rings. The number of methoxy groups -OCH3 is 2. The fourth-order valence-electron chi connectivity index (χ4n) is 1.76. The van der Waals surface area contributed by atoms with Gasteiger partial charge >= 0.3 is 0 Å². The van der Waals surface area contributed by atoms with Crippen molar-refractivity contribution in [2.24, 2.45) is 0 Å². The Labute approximate surface area is 110 Å². The van der Waals surface area contributed by atoms with E-state index < -0.39 is 0 Å². The summed E-state index contributed by atoms with van der Waals surface area (Å²) in [6.07, 6.45) is 0. The van der Waals surface area contributed by atoms with Gasteiger partial charge in [-0.15, -0.1) is 0 Å². The molecule has 102 valence electrons. The van der Waals surface area contributed by atoms with Gasteiger partial charge in [-0.3, -0.25) is 0 Å². The highest BCUT2D eigenvalue weighted by atomic mass is 16.5. The minimum atomic E-state index is -0.161. The standard InChI is InChI=1S/C15H25NO2/c1-11-7-8-13(14(9-11)17-5)12(2)16-10-15(3,4)18-6/h7-9,12,16H,10H2,1-6H3. The summed E-state index contributed by atoms with van der Waals surface area (Å²) >= 11 is 0. The first-order valence-electron chi connectivity index (χ1n) is 6.32. The topological polar surface area (TPSA) is 30.5 Å². The zero-order valence-corrected chi connectivity index (χ0v) is 12.3. The molecule has 0 bridgehead atoms. The molecule has 0 saturated heterocycles. The summed E-state index contributed by atoms with van der Waals surface area (Å²) in [5.74, 6) is 0.935. The van der Waals surface area contributed by atoms with Crippen LogP contribution >= 0.6 is 0 Å². The molecule has 0 aliphatic rings. The Bertz CT molecular complexity index is 388. The third-order valence-corrected chi connectivity index (χ3v) is 3.24. The van der Waals surface area contributed by atoms with E-state index in [1.807, 2.05) is 0 Å². The van der Waals surface area contributed by atoms with Gasteiger partial charge in [-0.05, 0) is 39.3 Å². The van der Waals surface area contributed by atoms with Crippen LogP contribution in [0.3, 0.4) is 0 Å². The Morgan fingerprint density at radius 3 is 2.50 bits per heavy atom. The molecule has 1 atom stereocenters. The van der Waals surface area contributed by atoms with E-state index in [2.05, 4.69) is 51.2 Å². The Balaban J connectivity index is 2.75. The molecule has 0 heterocycles. The fraction of sp³-hybridized carbons (Fsp3) is 0.600. The predicted molar refractivity (Wildman–Crippen MR) is 75.2 cm³/mol. The molecule has 0 spiro atoms. The molecule has 3 nitrogen and oxygen atoms in total. The van der Waals surface area contributed by atoms with Crippen LogP contribution in [0.2, 0.25) is 0 Å². The van der Waals surface area contributed by atoms with E-state index in [0.29, 0.717) is 0 Å². The fourth-order valence-corrected chi connectivity index (χ4v) is 1.76. The molecular weight excluding hydrogens is 226 g/mol. The first-order valence-corrected chi connectivity index (χ1v) is 6.32. The van der Waals surface area contributed by atoms with Crippen LogP contribution in [0, 0.1) is 6.92 Å². The van der Waals surface area contributed by atoms with Crippen LogP contribution in [0.15, 0.2) is 18.2 Å². The van der Waals surface area contributed by atoms with E-state index in [1.54, 1.807) is 14.2 Å². The maximum absolute atomic E-state index is 5.43. The minimum absolute atomic E-state index is 0.161. The monoisotopic (exact) mass is 251 g/mol. The van der Waals surface area contributed by atoms with Gasteiger partial charge in [0.15, 0.2) is 0 Å². The zero-order chi connectivity index (χ0) is 13.8. The van der Waals surface area contributed by atoms with E-state index in [9.17, 15) is 0 Å². The van der Waals surface area contributed by atoms with Crippen molar-refractivity contribution in [3.05, 3.63) is 29.3 Å². The van der Waals surface area contributed by atoms with Gasteiger partial charge in [0.05, 0.1) is 12.7 Å². The number of ether oxygens (including phenoxy) is 2. The first-order chi connectivity index (χ1) is 8.39. The lowest BCUT2D eigenvalue weighted by molar-refractivity contribution is 0.0214. The molecule has 0 amide bonds. The maximum atomic E-state index is 5.43. The lowest BCUT2D eigenvalue weighted by Crippen LogP contribution is -2.37. The van der Waals surface area contributed by atoms with Gasteiger partial charge in [-0.25, -0.2) is 0 Å². The van der Waals surface area contributed by atoms with Crippen LogP contribution in [0.4, 0.5) is 0 Å². The van der Waals surface area contributed by atoms with Crippen molar-refractivity contribution in [3.63, 3.8) is 0 Å². The molecule has 0 aromatic heterocycles. The van der Waals surface area contributed by atoms with Crippen molar-refractivity contribution in [2.45, 2.75) is 39.3 Å². The second kappa shape index (κ2) is 6.21. The number of aryl methyl sites for hydroxylation is 1. The van der Waals surface area contributed by atoms with Gasteiger partial charge in [0.1, 0.15) is 5.75 Å². The molecule has 0 radical (unpaired) electrons. The van der Waals surface area contributed by atoms with Gasteiger partial charge < -0.3 is 14.8 Å². The van der Waals surface area contributed by atoms with E-state index >= 15 is 0 Å². The normalized spacial score (nSPS) is 13.4. The quantitative estimate of drug-likeness (QED) is 0.843. The number of benzene rings is 1. The van der Waals surface area contributed by atoms with Crippen LogP contribution < -0.4 is 10.1 Å². The summed E-state index contributed by atoms with van der Waals surface area (Å²) in [6, 6.07) is 6.52. The van der Waals surface area contributed by atoms with Gasteiger partial charge in [0, 0.05) is 25.3 Å². The highest BCUT2D eigenvalue weighted by molar-refractivity contribution is 5.39. The second-order valence-electron chi connectivity index (χ2n) is 5.31. The molecule has 18 heavy (non-hydrogen) atoms. The highest BCUT2D eigenvalue weighted by Crippen LogP contribution is 2.26. The van der Waals surface area contributed by atoms with Crippen LogP contribution in [0.5, 0.6) is 5.75 Å². The molecule has 1 aromatic carbocycles. The van der Waals surface area contributed by atoms with E-state index in [0.717, 1.165) is 12.3 Å². The Hall–Kier alpha value is -1.06. The first kappa shape index (κ1) is 15.0. The average molecular weight is 251 g/mol. The third kappa shape index (κ3) is 4.00. The molecule has 1 unspecified atom stereocenters. The molecular formula is C15H25NO2. The number of hydrogen-bond donors (Lipinski definition) is 1. The molecule has 1 aromatic rings. The van der Waals surface area contributed by atoms with Crippen LogP contribution in [0.1, 0.15) is 37.9 Å². The van der Waals surface area contributed by atoms with Crippen molar-refractivity contribution in [2.75, 3.05) is 20.8 Å². The van der Waals surface area contributed by atoms with Crippen molar-refractivity contribution in [3.8, 4) is 5.75 Å². The number of rotatable bonds is 6. The summed E-state index contributed by atoms with van der Waals surface area (Å²) in [7, 11) is 3.45. The maximum Gasteiger partial charge on any atom is 0.123 e. The summed E-state index contributed by atoms with van der Waals surface area (Å²) in [4.78, 5) is 0. The van der Waals surface area contributed by atoms with Crippen molar-refractivity contribution in [1.82, 2.24) is 5.32 Å². The summed E-state index contributed by atoms with van der Waals surface area (Å²) in [5.41, 5.74) is 2.22. The average Bonchev–Trinajstić information content (AvgIpc) is 2.36.